The van der Waals surface area contributed by atoms with Crippen molar-refractivity contribution in [1.82, 2.24) is 0 Å². The monoisotopic (exact) mass is 212 g/mol. The van der Waals surface area contributed by atoms with E-state index in [1.54, 1.807) is 6.07 Å². The fraction of sp³-hybridized carbons (Fsp3) is 0.333. The average Bonchev–Trinajstić information content (AvgIpc) is 2.50. The van der Waals surface area contributed by atoms with Crippen LogP contribution in [0.2, 0.25) is 5.02 Å². The van der Waals surface area contributed by atoms with Crippen molar-refractivity contribution >= 4 is 17.3 Å². The quantitative estimate of drug-likeness (QED) is 0.573. The van der Waals surface area contributed by atoms with Crippen LogP contribution in [0.15, 0.2) is 12.1 Å². The molecule has 1 aromatic rings. The minimum atomic E-state index is -0.402. The average molecular weight is 213 g/mol. The number of nitrogens with two attached hydrogens (primary N) is 1. The summed E-state index contributed by atoms with van der Waals surface area (Å²) in [5.74, 6) is 0. The van der Waals surface area contributed by atoms with Gasteiger partial charge in [-0.3, -0.25) is 10.1 Å². The summed E-state index contributed by atoms with van der Waals surface area (Å²) in [7, 11) is 0. The number of hydrogen-bond donors (Lipinski definition) is 1. The number of hydrogen-bond acceptors (Lipinski definition) is 3. The van der Waals surface area contributed by atoms with E-state index in [1.807, 2.05) is 0 Å². The standard InChI is InChI=1S/C9H9ClN2O2/c10-6-2-4-8(12(13)14)9-5(6)1-3-7(9)11/h2,4,7H,1,3,11H2/t7-/m0/s1. The number of benzene rings is 1. The van der Waals surface area contributed by atoms with Crippen molar-refractivity contribution in [2.45, 2.75) is 18.9 Å². The van der Waals surface area contributed by atoms with Gasteiger partial charge in [-0.2, -0.15) is 0 Å². The van der Waals surface area contributed by atoms with Gasteiger partial charge in [0.15, 0.2) is 0 Å². The molecule has 4 nitrogen and oxygen atoms in total. The molecule has 0 saturated heterocycles. The molecule has 0 saturated carbocycles. The number of nitro benzene ring substituents is 1. The second-order valence-corrected chi connectivity index (χ2v) is 3.77. The molecule has 0 fully saturated rings. The van der Waals surface area contributed by atoms with Crippen LogP contribution in [0.3, 0.4) is 0 Å². The van der Waals surface area contributed by atoms with Crippen LogP contribution in [0.4, 0.5) is 5.69 Å². The lowest BCUT2D eigenvalue weighted by Gasteiger charge is -2.06. The minimum absolute atomic E-state index is 0.0920. The Kier molecular flexibility index (Phi) is 2.17. The zero-order valence-corrected chi connectivity index (χ0v) is 8.12. The molecule has 2 rings (SSSR count). The molecule has 0 unspecified atom stereocenters. The van der Waals surface area contributed by atoms with Crippen molar-refractivity contribution in [2.75, 3.05) is 0 Å². The minimum Gasteiger partial charge on any atom is -0.324 e. The summed E-state index contributed by atoms with van der Waals surface area (Å²) in [5, 5.41) is 11.3. The zero-order valence-electron chi connectivity index (χ0n) is 7.37. The van der Waals surface area contributed by atoms with Gasteiger partial charge in [0.25, 0.3) is 5.69 Å². The predicted octanol–water partition coefficient (Wildman–Crippen LogP) is 2.19. The molecule has 0 spiro atoms. The first-order chi connectivity index (χ1) is 6.61. The maximum Gasteiger partial charge on any atom is 0.274 e. The molecule has 0 radical (unpaired) electrons. The number of nitro groups is 1. The lowest BCUT2D eigenvalue weighted by molar-refractivity contribution is -0.385. The summed E-state index contributed by atoms with van der Waals surface area (Å²) in [5.41, 5.74) is 7.34. The third kappa shape index (κ3) is 1.27. The number of rotatable bonds is 1. The summed E-state index contributed by atoms with van der Waals surface area (Å²) in [6.07, 6.45) is 1.47. The number of halogens is 1. The smallest absolute Gasteiger partial charge is 0.274 e. The second kappa shape index (κ2) is 3.22. The first-order valence-corrected chi connectivity index (χ1v) is 4.70. The van der Waals surface area contributed by atoms with Crippen LogP contribution in [0.1, 0.15) is 23.6 Å². The Balaban J connectivity index is 2.66. The molecule has 0 amide bonds. The highest BCUT2D eigenvalue weighted by atomic mass is 35.5. The van der Waals surface area contributed by atoms with E-state index in [0.717, 1.165) is 18.4 Å². The highest BCUT2D eigenvalue weighted by Crippen LogP contribution is 2.39. The summed E-state index contributed by atoms with van der Waals surface area (Å²) in [6.45, 7) is 0. The molecule has 1 aliphatic rings. The van der Waals surface area contributed by atoms with E-state index in [0.29, 0.717) is 10.6 Å². The van der Waals surface area contributed by atoms with Crippen molar-refractivity contribution < 1.29 is 4.92 Å². The lowest BCUT2D eigenvalue weighted by Crippen LogP contribution is -2.08. The van der Waals surface area contributed by atoms with Gasteiger partial charge in [0.2, 0.25) is 0 Å². The SMILES string of the molecule is N[C@H]1CCc2c(Cl)ccc([N+](=O)[O-])c21. The van der Waals surface area contributed by atoms with Gasteiger partial charge >= 0.3 is 0 Å². The third-order valence-corrected chi connectivity index (χ3v) is 2.90. The first kappa shape index (κ1) is 9.43. The van der Waals surface area contributed by atoms with Crippen molar-refractivity contribution in [2.24, 2.45) is 5.73 Å². The van der Waals surface area contributed by atoms with Crippen molar-refractivity contribution in [1.29, 1.82) is 0 Å². The molecule has 1 aliphatic carbocycles. The number of nitrogens with zero attached hydrogens (tertiary/aromatic N) is 1. The van der Waals surface area contributed by atoms with Gasteiger partial charge in [0.05, 0.1) is 10.5 Å². The van der Waals surface area contributed by atoms with E-state index in [-0.39, 0.29) is 11.7 Å². The van der Waals surface area contributed by atoms with Crippen molar-refractivity contribution in [3.63, 3.8) is 0 Å². The van der Waals surface area contributed by atoms with Crippen LogP contribution in [0.25, 0.3) is 0 Å². The number of fused-ring (bicyclic) bond motifs is 1. The van der Waals surface area contributed by atoms with Gasteiger partial charge in [-0.15, -0.1) is 0 Å². The molecule has 74 valence electrons. The van der Waals surface area contributed by atoms with E-state index in [9.17, 15) is 10.1 Å². The van der Waals surface area contributed by atoms with Crippen LogP contribution < -0.4 is 5.73 Å². The summed E-state index contributed by atoms with van der Waals surface area (Å²) >= 11 is 5.93. The van der Waals surface area contributed by atoms with Gasteiger partial charge in [0, 0.05) is 17.1 Å². The van der Waals surface area contributed by atoms with Gasteiger partial charge in [-0.05, 0) is 24.5 Å². The van der Waals surface area contributed by atoms with E-state index < -0.39 is 4.92 Å². The van der Waals surface area contributed by atoms with E-state index >= 15 is 0 Å². The molecule has 1 aromatic carbocycles. The van der Waals surface area contributed by atoms with Crippen LogP contribution in [-0.4, -0.2) is 4.92 Å². The second-order valence-electron chi connectivity index (χ2n) is 3.36. The maximum absolute atomic E-state index is 10.7. The zero-order chi connectivity index (χ0) is 10.3. The Morgan fingerprint density at radius 1 is 1.57 bits per heavy atom. The highest BCUT2D eigenvalue weighted by Gasteiger charge is 2.29. The van der Waals surface area contributed by atoms with Crippen LogP contribution in [0, 0.1) is 10.1 Å². The molecular weight excluding hydrogens is 204 g/mol. The van der Waals surface area contributed by atoms with Crippen LogP contribution in [0.5, 0.6) is 0 Å². The Morgan fingerprint density at radius 2 is 2.29 bits per heavy atom. The molecule has 1 atom stereocenters. The molecule has 5 heteroatoms. The van der Waals surface area contributed by atoms with E-state index in [4.69, 9.17) is 17.3 Å². The lowest BCUT2D eigenvalue weighted by atomic mass is 10.1. The van der Waals surface area contributed by atoms with Crippen LogP contribution >= 0.6 is 11.6 Å². The molecular formula is C9H9ClN2O2. The van der Waals surface area contributed by atoms with Gasteiger partial charge in [-0.25, -0.2) is 0 Å². The molecule has 0 aliphatic heterocycles. The summed E-state index contributed by atoms with van der Waals surface area (Å²) in [6, 6.07) is 2.74. The first-order valence-electron chi connectivity index (χ1n) is 4.32. The normalized spacial score (nSPS) is 19.4. The highest BCUT2D eigenvalue weighted by molar-refractivity contribution is 6.31. The van der Waals surface area contributed by atoms with Gasteiger partial charge in [0.1, 0.15) is 0 Å². The van der Waals surface area contributed by atoms with Crippen molar-refractivity contribution in [3.05, 3.63) is 38.4 Å². The molecule has 0 aromatic heterocycles. The molecule has 14 heavy (non-hydrogen) atoms. The largest absolute Gasteiger partial charge is 0.324 e. The Bertz CT molecular complexity index is 406. The molecule has 0 bridgehead atoms. The van der Waals surface area contributed by atoms with Gasteiger partial charge < -0.3 is 5.73 Å². The van der Waals surface area contributed by atoms with E-state index in [1.165, 1.54) is 6.07 Å². The van der Waals surface area contributed by atoms with Crippen LogP contribution in [-0.2, 0) is 6.42 Å². The van der Waals surface area contributed by atoms with E-state index in [2.05, 4.69) is 0 Å². The summed E-state index contributed by atoms with van der Waals surface area (Å²) in [4.78, 5) is 10.3. The predicted molar refractivity (Wildman–Crippen MR) is 53.4 cm³/mol. The Hall–Kier alpha value is -1.13. The Labute approximate surface area is 85.8 Å². The third-order valence-electron chi connectivity index (χ3n) is 2.55. The topological polar surface area (TPSA) is 69.2 Å². The summed E-state index contributed by atoms with van der Waals surface area (Å²) < 4.78 is 0. The van der Waals surface area contributed by atoms with Gasteiger partial charge in [-0.1, -0.05) is 11.6 Å². The molecule has 2 N–H and O–H groups in total. The Morgan fingerprint density at radius 3 is 2.93 bits per heavy atom. The fourth-order valence-electron chi connectivity index (χ4n) is 1.90. The fourth-order valence-corrected chi connectivity index (χ4v) is 2.16. The maximum atomic E-state index is 10.7. The molecule has 0 heterocycles. The van der Waals surface area contributed by atoms with Crippen molar-refractivity contribution in [3.8, 4) is 0 Å².